The zero-order valence-corrected chi connectivity index (χ0v) is 14.5. The van der Waals surface area contributed by atoms with Gasteiger partial charge in [-0.1, -0.05) is 58.6 Å². The van der Waals surface area contributed by atoms with Crippen LogP contribution in [0.1, 0.15) is 69.8 Å². The van der Waals surface area contributed by atoms with Gasteiger partial charge in [-0.3, -0.25) is 0 Å². The number of hydrogen-bond donors (Lipinski definition) is 0. The van der Waals surface area contributed by atoms with E-state index in [4.69, 9.17) is 0 Å². The molecule has 23 heavy (non-hydrogen) atoms. The monoisotopic (exact) mass is 342 g/mol. The molecule has 0 unspecified atom stereocenters. The third kappa shape index (κ3) is 4.29. The van der Waals surface area contributed by atoms with Gasteiger partial charge in [-0.15, -0.1) is 0 Å². The lowest BCUT2D eigenvalue weighted by atomic mass is 9.99. The Morgan fingerprint density at radius 1 is 0.696 bits per heavy atom. The minimum atomic E-state index is -4.23. The Morgan fingerprint density at radius 2 is 1.13 bits per heavy atom. The summed E-state index contributed by atoms with van der Waals surface area (Å²) in [6, 6.07) is 6.18. The summed E-state index contributed by atoms with van der Waals surface area (Å²) in [5, 5.41) is 1.21. The molecule has 128 valence electrons. The average molecular weight is 342 g/mol. The van der Waals surface area contributed by atoms with Gasteiger partial charge >= 0.3 is 6.18 Å². The van der Waals surface area contributed by atoms with Gasteiger partial charge in [-0.05, 0) is 54.4 Å². The lowest BCUT2D eigenvalue weighted by Crippen LogP contribution is -2.26. The van der Waals surface area contributed by atoms with E-state index in [1.165, 1.54) is 81.6 Å². The van der Waals surface area contributed by atoms with Crippen molar-refractivity contribution in [3.05, 3.63) is 29.8 Å². The lowest BCUT2D eigenvalue weighted by Gasteiger charge is -2.38. The maximum absolute atomic E-state index is 12.8. The Bertz CT molecular complexity index is 464. The fourth-order valence-electron chi connectivity index (χ4n) is 4.26. The van der Waals surface area contributed by atoms with Crippen LogP contribution in [0, 0.1) is 0 Å². The Balaban J connectivity index is 1.84. The molecular formula is C19H26F3P. The highest BCUT2D eigenvalue weighted by atomic mass is 31.1. The van der Waals surface area contributed by atoms with Gasteiger partial charge in [0.2, 0.25) is 0 Å². The molecule has 1 aromatic carbocycles. The Kier molecular flexibility index (Phi) is 5.67. The van der Waals surface area contributed by atoms with Crippen LogP contribution in [0.5, 0.6) is 0 Å². The van der Waals surface area contributed by atoms with Gasteiger partial charge in [-0.2, -0.15) is 13.2 Å². The first-order valence-corrected chi connectivity index (χ1v) is 10.5. The molecule has 0 aromatic heterocycles. The van der Waals surface area contributed by atoms with Crippen LogP contribution in [0.25, 0.3) is 0 Å². The van der Waals surface area contributed by atoms with Crippen molar-refractivity contribution in [2.45, 2.75) is 81.7 Å². The zero-order valence-electron chi connectivity index (χ0n) is 13.6. The molecular weight excluding hydrogens is 316 g/mol. The van der Waals surface area contributed by atoms with Crippen molar-refractivity contribution in [2.24, 2.45) is 0 Å². The van der Waals surface area contributed by atoms with E-state index in [9.17, 15) is 13.2 Å². The van der Waals surface area contributed by atoms with Crippen molar-refractivity contribution in [1.82, 2.24) is 0 Å². The summed E-state index contributed by atoms with van der Waals surface area (Å²) < 4.78 is 38.5. The molecule has 0 amide bonds. The molecule has 1 aromatic rings. The predicted octanol–water partition coefficient (Wildman–Crippen LogP) is 6.48. The maximum atomic E-state index is 12.8. The highest BCUT2D eigenvalue weighted by Gasteiger charge is 2.34. The molecule has 2 aliphatic carbocycles. The van der Waals surface area contributed by atoms with Crippen LogP contribution in [-0.4, -0.2) is 11.3 Å². The van der Waals surface area contributed by atoms with Gasteiger partial charge in [0.15, 0.2) is 0 Å². The Labute approximate surface area is 138 Å². The normalized spacial score (nSPS) is 21.7. The van der Waals surface area contributed by atoms with Gasteiger partial charge < -0.3 is 0 Å². The van der Waals surface area contributed by atoms with Crippen LogP contribution in [0.15, 0.2) is 24.3 Å². The van der Waals surface area contributed by atoms with E-state index in [1.54, 1.807) is 12.1 Å². The molecule has 2 saturated carbocycles. The fraction of sp³-hybridized carbons (Fsp3) is 0.684. The predicted molar refractivity (Wildman–Crippen MR) is 91.7 cm³/mol. The molecule has 0 saturated heterocycles. The first kappa shape index (κ1) is 17.3. The van der Waals surface area contributed by atoms with Crippen molar-refractivity contribution in [2.75, 3.05) is 0 Å². The zero-order chi connectivity index (χ0) is 16.3. The third-order valence-corrected chi connectivity index (χ3v) is 8.93. The van der Waals surface area contributed by atoms with Crippen LogP contribution in [0.4, 0.5) is 13.2 Å². The molecule has 0 nitrogen and oxygen atoms in total. The quantitative estimate of drug-likeness (QED) is 0.552. The minimum Gasteiger partial charge on any atom is -0.166 e. The van der Waals surface area contributed by atoms with Gasteiger partial charge in [0.1, 0.15) is 0 Å². The molecule has 4 heteroatoms. The number of alkyl halides is 3. The van der Waals surface area contributed by atoms with E-state index in [1.807, 2.05) is 0 Å². The van der Waals surface area contributed by atoms with Crippen LogP contribution >= 0.6 is 7.92 Å². The number of hydrogen-bond acceptors (Lipinski definition) is 0. The largest absolute Gasteiger partial charge is 0.416 e. The standard InChI is InChI=1S/C19H26F3P/c20-19(21,22)15-11-13-18(14-12-15)23(16-7-3-1-4-8-16)17-9-5-2-6-10-17/h11-14,16-17H,1-10H2. The minimum absolute atomic E-state index is 0.308. The highest BCUT2D eigenvalue weighted by molar-refractivity contribution is 7.67. The molecule has 3 rings (SSSR count). The molecule has 2 fully saturated rings. The van der Waals surface area contributed by atoms with E-state index in [0.717, 1.165) is 11.3 Å². The van der Waals surface area contributed by atoms with E-state index in [0.29, 0.717) is 0 Å². The van der Waals surface area contributed by atoms with Crippen LogP contribution in [0.2, 0.25) is 0 Å². The molecule has 0 heterocycles. The van der Waals surface area contributed by atoms with Crippen molar-refractivity contribution < 1.29 is 13.2 Å². The molecule has 0 aliphatic heterocycles. The van der Waals surface area contributed by atoms with Gasteiger partial charge in [0, 0.05) is 0 Å². The van der Waals surface area contributed by atoms with Gasteiger partial charge in [-0.25, -0.2) is 0 Å². The van der Waals surface area contributed by atoms with Crippen LogP contribution in [0.3, 0.4) is 0 Å². The second-order valence-electron chi connectivity index (χ2n) is 7.04. The van der Waals surface area contributed by atoms with E-state index >= 15 is 0 Å². The molecule has 0 N–H and O–H groups in total. The molecule has 0 atom stereocenters. The van der Waals surface area contributed by atoms with Crippen molar-refractivity contribution >= 4 is 13.2 Å². The molecule has 0 spiro atoms. The van der Waals surface area contributed by atoms with E-state index < -0.39 is 11.7 Å². The topological polar surface area (TPSA) is 0 Å². The van der Waals surface area contributed by atoms with Crippen LogP contribution in [-0.2, 0) is 6.18 Å². The second-order valence-corrected chi connectivity index (χ2v) is 9.83. The molecule has 0 bridgehead atoms. The van der Waals surface area contributed by atoms with E-state index in [2.05, 4.69) is 0 Å². The van der Waals surface area contributed by atoms with Gasteiger partial charge in [0.25, 0.3) is 0 Å². The van der Waals surface area contributed by atoms with Crippen LogP contribution < -0.4 is 5.30 Å². The summed E-state index contributed by atoms with van der Waals surface area (Å²) in [6.45, 7) is 0. The lowest BCUT2D eigenvalue weighted by molar-refractivity contribution is -0.137. The van der Waals surface area contributed by atoms with Crippen molar-refractivity contribution in [3.63, 3.8) is 0 Å². The van der Waals surface area contributed by atoms with E-state index in [-0.39, 0.29) is 7.92 Å². The third-order valence-electron chi connectivity index (χ3n) is 5.43. The summed E-state index contributed by atoms with van der Waals surface area (Å²) in [7, 11) is -0.308. The number of benzene rings is 1. The summed E-state index contributed by atoms with van der Waals surface area (Å²) >= 11 is 0. The average Bonchev–Trinajstić information content (AvgIpc) is 2.57. The maximum Gasteiger partial charge on any atom is 0.416 e. The molecule has 0 radical (unpaired) electrons. The van der Waals surface area contributed by atoms with Gasteiger partial charge in [0.05, 0.1) is 5.56 Å². The highest BCUT2D eigenvalue weighted by Crippen LogP contribution is 2.54. The number of halogens is 3. The molecule has 2 aliphatic rings. The SMILES string of the molecule is FC(F)(F)c1ccc(P(C2CCCCC2)C2CCCCC2)cc1. The fourth-order valence-corrected chi connectivity index (χ4v) is 8.04. The Morgan fingerprint density at radius 3 is 1.52 bits per heavy atom. The summed E-state index contributed by atoms with van der Waals surface area (Å²) in [5.41, 5.74) is 0.959. The summed E-state index contributed by atoms with van der Waals surface area (Å²) in [5.74, 6) is 0. The first-order valence-electron chi connectivity index (χ1n) is 9.01. The summed E-state index contributed by atoms with van der Waals surface area (Å²) in [4.78, 5) is 0. The first-order chi connectivity index (χ1) is 11.1. The summed E-state index contributed by atoms with van der Waals surface area (Å²) in [6.07, 6.45) is 8.77. The smallest absolute Gasteiger partial charge is 0.166 e. The van der Waals surface area contributed by atoms with Crippen molar-refractivity contribution in [3.8, 4) is 0 Å². The van der Waals surface area contributed by atoms with Crippen molar-refractivity contribution in [1.29, 1.82) is 0 Å². The second kappa shape index (κ2) is 7.55. The number of rotatable bonds is 3. The Hall–Kier alpha value is -0.560.